The summed E-state index contributed by atoms with van der Waals surface area (Å²) in [4.78, 5) is 14.5. The van der Waals surface area contributed by atoms with Gasteiger partial charge in [0.2, 0.25) is 5.91 Å². The van der Waals surface area contributed by atoms with E-state index in [1.165, 1.54) is 12.1 Å². The first kappa shape index (κ1) is 18.3. The second-order valence-corrected chi connectivity index (χ2v) is 6.24. The molecule has 3 rings (SSSR count). The van der Waals surface area contributed by atoms with Crippen molar-refractivity contribution >= 4 is 5.91 Å². The third-order valence-electron chi connectivity index (χ3n) is 4.40. The zero-order valence-electron chi connectivity index (χ0n) is 14.4. The van der Waals surface area contributed by atoms with Crippen LogP contribution in [0, 0.1) is 5.92 Å². The number of halogens is 2. The molecule has 0 aromatic heterocycles. The molecule has 7 heteroatoms. The molecule has 26 heavy (non-hydrogen) atoms. The molecule has 5 nitrogen and oxygen atoms in total. The van der Waals surface area contributed by atoms with Crippen LogP contribution in [0.15, 0.2) is 54.6 Å². The molecule has 1 heterocycles. The number of carbonyl (C=O) groups excluding carboxylic acids is 1. The molecule has 2 aromatic carbocycles. The van der Waals surface area contributed by atoms with Crippen molar-refractivity contribution in [1.82, 2.24) is 15.8 Å². The van der Waals surface area contributed by atoms with E-state index in [2.05, 4.69) is 15.6 Å². The van der Waals surface area contributed by atoms with Crippen molar-refractivity contribution < 1.29 is 18.3 Å². The number of ether oxygens (including phenoxy) is 1. The van der Waals surface area contributed by atoms with E-state index in [0.717, 1.165) is 11.1 Å². The molecule has 0 saturated carbocycles. The van der Waals surface area contributed by atoms with Gasteiger partial charge in [0.15, 0.2) is 0 Å². The highest BCUT2D eigenvalue weighted by molar-refractivity contribution is 5.80. The maximum atomic E-state index is 12.9. The van der Waals surface area contributed by atoms with E-state index in [-0.39, 0.29) is 23.6 Å². The van der Waals surface area contributed by atoms with Gasteiger partial charge in [-0.05, 0) is 23.3 Å². The fourth-order valence-electron chi connectivity index (χ4n) is 3.11. The van der Waals surface area contributed by atoms with Gasteiger partial charge >= 0.3 is 6.61 Å². The lowest BCUT2D eigenvalue weighted by molar-refractivity contribution is -0.134. The number of amides is 1. The minimum absolute atomic E-state index is 0.0178. The highest BCUT2D eigenvalue weighted by atomic mass is 19.3. The Morgan fingerprint density at radius 1 is 1.19 bits per heavy atom. The molecule has 1 saturated heterocycles. The van der Waals surface area contributed by atoms with Crippen LogP contribution in [-0.4, -0.2) is 31.0 Å². The van der Waals surface area contributed by atoms with Crippen molar-refractivity contribution in [2.24, 2.45) is 5.92 Å². The molecule has 138 valence electrons. The van der Waals surface area contributed by atoms with Gasteiger partial charge in [0.1, 0.15) is 5.75 Å². The standard InChI is InChI=1S/C19H21F2N3O2/c1-24(12-13-7-9-15(10-8-13)26-19(20)21)18(25)16-11-22-23-17(16)14-5-3-2-4-6-14/h2-10,16-17,19,22-23H,11-12H2,1H3. The number of nitrogens with zero attached hydrogens (tertiary/aromatic N) is 1. The molecular formula is C19H21F2N3O2. The maximum absolute atomic E-state index is 12.9. The minimum Gasteiger partial charge on any atom is -0.435 e. The number of benzene rings is 2. The Bertz CT molecular complexity index is 725. The highest BCUT2D eigenvalue weighted by Gasteiger charge is 2.35. The van der Waals surface area contributed by atoms with Gasteiger partial charge in [0, 0.05) is 20.1 Å². The lowest BCUT2D eigenvalue weighted by atomic mass is 9.93. The zero-order valence-corrected chi connectivity index (χ0v) is 14.4. The summed E-state index contributed by atoms with van der Waals surface area (Å²) in [7, 11) is 1.74. The molecule has 0 bridgehead atoms. The summed E-state index contributed by atoms with van der Waals surface area (Å²) in [6, 6.07) is 16.1. The average Bonchev–Trinajstić information content (AvgIpc) is 3.12. The molecule has 2 N–H and O–H groups in total. The fraction of sp³-hybridized carbons (Fsp3) is 0.316. The second kappa shape index (κ2) is 8.25. The first-order valence-corrected chi connectivity index (χ1v) is 8.36. The third kappa shape index (κ3) is 4.36. The monoisotopic (exact) mass is 361 g/mol. The van der Waals surface area contributed by atoms with Crippen molar-refractivity contribution in [3.05, 3.63) is 65.7 Å². The van der Waals surface area contributed by atoms with Gasteiger partial charge in [-0.3, -0.25) is 10.2 Å². The van der Waals surface area contributed by atoms with Crippen molar-refractivity contribution in [3.8, 4) is 5.75 Å². The quantitative estimate of drug-likeness (QED) is 0.831. The third-order valence-corrected chi connectivity index (χ3v) is 4.40. The molecule has 2 unspecified atom stereocenters. The number of alkyl halides is 2. The Balaban J connectivity index is 1.64. The largest absolute Gasteiger partial charge is 0.435 e. The van der Waals surface area contributed by atoms with Gasteiger partial charge < -0.3 is 9.64 Å². The smallest absolute Gasteiger partial charge is 0.387 e. The molecule has 1 fully saturated rings. The highest BCUT2D eigenvalue weighted by Crippen LogP contribution is 2.26. The van der Waals surface area contributed by atoms with Crippen LogP contribution in [0.2, 0.25) is 0 Å². The molecule has 0 radical (unpaired) electrons. The molecule has 0 aliphatic carbocycles. The van der Waals surface area contributed by atoms with E-state index >= 15 is 0 Å². The minimum atomic E-state index is -2.85. The van der Waals surface area contributed by atoms with E-state index in [0.29, 0.717) is 13.1 Å². The number of rotatable bonds is 6. The van der Waals surface area contributed by atoms with Gasteiger partial charge in [-0.15, -0.1) is 0 Å². The van der Waals surface area contributed by atoms with E-state index in [1.54, 1.807) is 24.1 Å². The molecule has 2 atom stereocenters. The normalized spacial score (nSPS) is 19.5. The molecular weight excluding hydrogens is 340 g/mol. The predicted octanol–water partition coefficient (Wildman–Crippen LogP) is 2.71. The van der Waals surface area contributed by atoms with E-state index in [1.807, 2.05) is 30.3 Å². The van der Waals surface area contributed by atoms with Crippen LogP contribution in [0.3, 0.4) is 0 Å². The summed E-state index contributed by atoms with van der Waals surface area (Å²) in [5.41, 5.74) is 8.12. The van der Waals surface area contributed by atoms with Crippen LogP contribution in [0.1, 0.15) is 17.2 Å². The van der Waals surface area contributed by atoms with Gasteiger partial charge in [0.25, 0.3) is 0 Å². The Labute approximate surface area is 150 Å². The van der Waals surface area contributed by atoms with Crippen LogP contribution < -0.4 is 15.6 Å². The van der Waals surface area contributed by atoms with Crippen molar-refractivity contribution in [3.63, 3.8) is 0 Å². The number of hydrogen-bond acceptors (Lipinski definition) is 4. The Morgan fingerprint density at radius 3 is 2.54 bits per heavy atom. The van der Waals surface area contributed by atoms with Crippen LogP contribution in [0.4, 0.5) is 8.78 Å². The van der Waals surface area contributed by atoms with Crippen molar-refractivity contribution in [2.45, 2.75) is 19.2 Å². The Kier molecular flexibility index (Phi) is 5.80. The van der Waals surface area contributed by atoms with Gasteiger partial charge in [-0.1, -0.05) is 42.5 Å². The topological polar surface area (TPSA) is 53.6 Å². The molecule has 0 spiro atoms. The molecule has 1 aliphatic rings. The van der Waals surface area contributed by atoms with Crippen molar-refractivity contribution in [1.29, 1.82) is 0 Å². The molecule has 1 aliphatic heterocycles. The number of carbonyl (C=O) groups is 1. The number of nitrogens with one attached hydrogen (secondary N) is 2. The van der Waals surface area contributed by atoms with Crippen LogP contribution in [0.5, 0.6) is 5.75 Å². The van der Waals surface area contributed by atoms with E-state index in [9.17, 15) is 13.6 Å². The summed E-state index contributed by atoms with van der Waals surface area (Å²) in [6.45, 7) is -1.90. The summed E-state index contributed by atoms with van der Waals surface area (Å²) >= 11 is 0. The average molecular weight is 361 g/mol. The predicted molar refractivity (Wildman–Crippen MR) is 93.4 cm³/mol. The van der Waals surface area contributed by atoms with E-state index in [4.69, 9.17) is 0 Å². The van der Waals surface area contributed by atoms with Crippen LogP contribution in [0.25, 0.3) is 0 Å². The SMILES string of the molecule is CN(Cc1ccc(OC(F)F)cc1)C(=O)C1CNNC1c1ccccc1. The van der Waals surface area contributed by atoms with Gasteiger partial charge in [-0.2, -0.15) is 8.78 Å². The van der Waals surface area contributed by atoms with E-state index < -0.39 is 6.61 Å². The second-order valence-electron chi connectivity index (χ2n) is 6.24. The summed E-state index contributed by atoms with van der Waals surface area (Å²) in [6.07, 6.45) is 0. The number of hydrazine groups is 1. The van der Waals surface area contributed by atoms with Crippen LogP contribution >= 0.6 is 0 Å². The zero-order chi connectivity index (χ0) is 18.5. The van der Waals surface area contributed by atoms with Crippen molar-refractivity contribution in [2.75, 3.05) is 13.6 Å². The molecule has 1 amide bonds. The first-order valence-electron chi connectivity index (χ1n) is 8.36. The van der Waals surface area contributed by atoms with Gasteiger partial charge in [0.05, 0.1) is 12.0 Å². The van der Waals surface area contributed by atoms with Crippen LogP contribution in [-0.2, 0) is 11.3 Å². The number of hydrogen-bond donors (Lipinski definition) is 2. The lowest BCUT2D eigenvalue weighted by Crippen LogP contribution is -2.36. The summed E-state index contributed by atoms with van der Waals surface area (Å²) < 4.78 is 28.7. The fourth-order valence-corrected chi connectivity index (χ4v) is 3.11. The lowest BCUT2D eigenvalue weighted by Gasteiger charge is -2.24. The Hall–Kier alpha value is -2.51. The van der Waals surface area contributed by atoms with Gasteiger partial charge in [-0.25, -0.2) is 5.43 Å². The first-order chi connectivity index (χ1) is 12.5. The summed E-state index contributed by atoms with van der Waals surface area (Å²) in [5.74, 6) is -0.0980. The Morgan fingerprint density at radius 2 is 1.88 bits per heavy atom. The summed E-state index contributed by atoms with van der Waals surface area (Å²) in [5, 5.41) is 0. The maximum Gasteiger partial charge on any atom is 0.387 e. The molecule has 2 aromatic rings.